The molecule has 0 spiro atoms. The minimum absolute atomic E-state index is 0.0315. The molecule has 0 aromatic carbocycles. The van der Waals surface area contributed by atoms with Gasteiger partial charge in [0.15, 0.2) is 0 Å². The van der Waals surface area contributed by atoms with E-state index < -0.39 is 11.7 Å². The van der Waals surface area contributed by atoms with Crippen molar-refractivity contribution in [2.45, 2.75) is 38.9 Å². The molecule has 13 heteroatoms. The molecular weight excluding hydrogens is 447 g/mol. The lowest BCUT2D eigenvalue weighted by atomic mass is 10.0. The van der Waals surface area contributed by atoms with E-state index in [0.29, 0.717) is 37.0 Å². The highest BCUT2D eigenvalue weighted by atomic mass is 32.1. The monoisotopic (exact) mass is 473 g/mol. The third-order valence-corrected chi connectivity index (χ3v) is 5.76. The Morgan fingerprint density at radius 3 is 2.47 bits per heavy atom. The molecule has 4 rings (SSSR count). The number of thiophene rings is 1. The number of rotatable bonds is 3. The number of nitrogens with one attached hydrogen (secondary N) is 1. The number of aromatic nitrogens is 3. The molecule has 5 N–H and O–H groups in total. The third kappa shape index (κ3) is 5.53. The molecule has 1 aliphatic rings. The first kappa shape index (κ1) is 25.5. The number of fused-ring (bicyclic) bond motifs is 3. The number of alkyl halides is 3. The molecule has 9 nitrogen and oxygen atoms in total. The van der Waals surface area contributed by atoms with Gasteiger partial charge < -0.3 is 20.8 Å². The minimum atomic E-state index is -4.55. The second-order valence-corrected chi connectivity index (χ2v) is 7.53. The standard InChI is InChI=1S/C16H15F3N6OS.C2H6.CH5NO/c17-16(18,19)9-5-10(25-3-1-8(2-4-25)23-7-26)24-15-11(9)12-13(27-15)14(20)22-6-21-12;1-2;1-3-2/h5-8H,1-4H2,(H,23,26)(H2,20,21,22);1-2H3;2H2,1H3. The molecule has 4 heterocycles. The van der Waals surface area contributed by atoms with Crippen LogP contribution in [0.1, 0.15) is 32.3 Å². The fourth-order valence-corrected chi connectivity index (χ4v) is 4.38. The van der Waals surface area contributed by atoms with Gasteiger partial charge in [0.2, 0.25) is 6.41 Å². The molecule has 1 saturated heterocycles. The number of hydrogen-bond donors (Lipinski definition) is 3. The van der Waals surface area contributed by atoms with E-state index in [4.69, 9.17) is 5.73 Å². The zero-order chi connectivity index (χ0) is 23.9. The van der Waals surface area contributed by atoms with Crippen LogP contribution in [0.3, 0.4) is 0 Å². The lowest BCUT2D eigenvalue weighted by Gasteiger charge is -2.32. The number of anilines is 2. The van der Waals surface area contributed by atoms with Gasteiger partial charge in [-0.25, -0.2) is 20.8 Å². The first-order valence-electron chi connectivity index (χ1n) is 9.88. The van der Waals surface area contributed by atoms with Crippen LogP contribution in [-0.4, -0.2) is 47.6 Å². The quantitative estimate of drug-likeness (QED) is 0.391. The number of halogens is 3. The average molecular weight is 474 g/mol. The third-order valence-electron chi connectivity index (χ3n) is 4.67. The Hall–Kier alpha value is -2.77. The molecule has 176 valence electrons. The normalized spacial score (nSPS) is 14.4. The van der Waals surface area contributed by atoms with Crippen molar-refractivity contribution in [2.75, 3.05) is 30.8 Å². The summed E-state index contributed by atoms with van der Waals surface area (Å²) in [7, 11) is 1.40. The van der Waals surface area contributed by atoms with Gasteiger partial charge in [-0.15, -0.1) is 11.3 Å². The number of amides is 1. The largest absolute Gasteiger partial charge is 0.417 e. The van der Waals surface area contributed by atoms with Crippen molar-refractivity contribution >= 4 is 49.8 Å². The molecule has 3 aromatic heterocycles. The summed E-state index contributed by atoms with van der Waals surface area (Å²) in [5.74, 6) is 4.75. The Morgan fingerprint density at radius 2 is 1.91 bits per heavy atom. The summed E-state index contributed by atoms with van der Waals surface area (Å²) in [4.78, 5) is 28.7. The molecule has 0 unspecified atom stereocenters. The summed E-state index contributed by atoms with van der Waals surface area (Å²) in [6.07, 6.45) is -1.46. The van der Waals surface area contributed by atoms with Crippen LogP contribution in [0.4, 0.5) is 24.8 Å². The molecule has 0 saturated carbocycles. The summed E-state index contributed by atoms with van der Waals surface area (Å²) < 4.78 is 41.7. The summed E-state index contributed by atoms with van der Waals surface area (Å²) in [6, 6.07) is 1.10. The van der Waals surface area contributed by atoms with E-state index in [1.165, 1.54) is 7.11 Å². The molecule has 1 amide bonds. The second kappa shape index (κ2) is 11.2. The van der Waals surface area contributed by atoms with Gasteiger partial charge in [0.25, 0.3) is 0 Å². The van der Waals surface area contributed by atoms with E-state index in [1.807, 2.05) is 13.8 Å². The van der Waals surface area contributed by atoms with Crippen molar-refractivity contribution in [3.05, 3.63) is 18.0 Å². The molecular formula is C19H26F3N7O2S. The Balaban J connectivity index is 0.000000671. The van der Waals surface area contributed by atoms with Crippen molar-refractivity contribution in [1.82, 2.24) is 20.3 Å². The van der Waals surface area contributed by atoms with E-state index >= 15 is 0 Å². The summed E-state index contributed by atoms with van der Waals surface area (Å²) in [6.45, 7) is 5.02. The van der Waals surface area contributed by atoms with Crippen LogP contribution in [0.25, 0.3) is 20.4 Å². The first-order chi connectivity index (χ1) is 15.3. The van der Waals surface area contributed by atoms with Gasteiger partial charge in [-0.1, -0.05) is 13.8 Å². The zero-order valence-corrected chi connectivity index (χ0v) is 18.8. The highest BCUT2D eigenvalue weighted by molar-refractivity contribution is 7.26. The summed E-state index contributed by atoms with van der Waals surface area (Å²) in [5.41, 5.74) is 5.20. The van der Waals surface area contributed by atoms with Gasteiger partial charge in [0.05, 0.1) is 28.3 Å². The molecule has 32 heavy (non-hydrogen) atoms. The fraction of sp³-hybridized carbons (Fsp3) is 0.474. The van der Waals surface area contributed by atoms with Gasteiger partial charge >= 0.3 is 6.18 Å². The van der Waals surface area contributed by atoms with Crippen LogP contribution in [-0.2, 0) is 15.8 Å². The molecule has 0 aliphatic carbocycles. The number of nitrogen functional groups attached to an aromatic ring is 1. The van der Waals surface area contributed by atoms with E-state index in [-0.39, 0.29) is 33.4 Å². The van der Waals surface area contributed by atoms with Gasteiger partial charge in [-0.2, -0.15) is 13.2 Å². The number of pyridine rings is 1. The van der Waals surface area contributed by atoms with E-state index in [0.717, 1.165) is 23.7 Å². The van der Waals surface area contributed by atoms with Crippen molar-refractivity contribution in [3.63, 3.8) is 0 Å². The highest BCUT2D eigenvalue weighted by Gasteiger charge is 2.36. The minimum Gasteiger partial charge on any atom is -0.382 e. The lowest BCUT2D eigenvalue weighted by molar-refractivity contribution is -0.136. The van der Waals surface area contributed by atoms with Crippen molar-refractivity contribution in [2.24, 2.45) is 5.90 Å². The smallest absolute Gasteiger partial charge is 0.382 e. The summed E-state index contributed by atoms with van der Waals surface area (Å²) >= 11 is 1.06. The number of nitrogens with two attached hydrogens (primary N) is 2. The number of hydrogen-bond acceptors (Lipinski definition) is 9. The highest BCUT2D eigenvalue weighted by Crippen LogP contribution is 2.43. The zero-order valence-electron chi connectivity index (χ0n) is 17.9. The second-order valence-electron chi connectivity index (χ2n) is 6.53. The number of carbonyl (C=O) groups excluding carboxylic acids is 1. The van der Waals surface area contributed by atoms with Crippen molar-refractivity contribution in [1.29, 1.82) is 0 Å². The Labute approximate surface area is 186 Å². The maximum absolute atomic E-state index is 13.8. The fourth-order valence-electron chi connectivity index (χ4n) is 3.33. The van der Waals surface area contributed by atoms with Crippen LogP contribution in [0.2, 0.25) is 0 Å². The molecule has 3 aromatic rings. The van der Waals surface area contributed by atoms with Crippen LogP contribution >= 0.6 is 11.3 Å². The molecule has 1 aliphatic heterocycles. The Morgan fingerprint density at radius 1 is 1.28 bits per heavy atom. The van der Waals surface area contributed by atoms with Gasteiger partial charge in [0, 0.05) is 19.1 Å². The predicted molar refractivity (Wildman–Crippen MR) is 119 cm³/mol. The van der Waals surface area contributed by atoms with E-state index in [9.17, 15) is 18.0 Å². The van der Waals surface area contributed by atoms with Crippen LogP contribution < -0.4 is 21.8 Å². The van der Waals surface area contributed by atoms with Gasteiger partial charge in [-0.05, 0) is 18.9 Å². The number of piperidine rings is 1. The SMILES string of the molecule is CC.CON.Nc1ncnc2c1sc1nc(N3CCC(NC=O)CC3)cc(C(F)(F)F)c12. The van der Waals surface area contributed by atoms with Gasteiger partial charge in [-0.3, -0.25) is 4.79 Å². The van der Waals surface area contributed by atoms with Crippen LogP contribution in [0.15, 0.2) is 12.4 Å². The first-order valence-corrected chi connectivity index (χ1v) is 10.7. The van der Waals surface area contributed by atoms with Crippen LogP contribution in [0, 0.1) is 0 Å². The topological polar surface area (TPSA) is 132 Å². The van der Waals surface area contributed by atoms with Crippen molar-refractivity contribution < 1.29 is 22.8 Å². The molecule has 0 radical (unpaired) electrons. The summed E-state index contributed by atoms with van der Waals surface area (Å²) in [5, 5.41) is 2.67. The van der Waals surface area contributed by atoms with Crippen LogP contribution in [0.5, 0.6) is 0 Å². The molecule has 0 bridgehead atoms. The van der Waals surface area contributed by atoms with E-state index in [1.54, 1.807) is 4.90 Å². The molecule has 0 atom stereocenters. The maximum Gasteiger partial charge on any atom is 0.417 e. The molecule has 1 fully saturated rings. The Kier molecular flexibility index (Phi) is 8.92. The van der Waals surface area contributed by atoms with Crippen molar-refractivity contribution in [3.8, 4) is 0 Å². The maximum atomic E-state index is 13.8. The Bertz CT molecular complexity index is 1040. The van der Waals surface area contributed by atoms with Gasteiger partial charge in [0.1, 0.15) is 22.8 Å². The predicted octanol–water partition coefficient (Wildman–Crippen LogP) is 3.09. The van der Waals surface area contributed by atoms with E-state index in [2.05, 4.69) is 31.0 Å². The number of carbonyl (C=O) groups is 1. The lowest BCUT2D eigenvalue weighted by Crippen LogP contribution is -2.42. The average Bonchev–Trinajstić information content (AvgIpc) is 3.15. The number of nitrogens with zero attached hydrogens (tertiary/aromatic N) is 4.